The Kier molecular flexibility index (Phi) is 4.83. The Morgan fingerprint density at radius 1 is 1.12 bits per heavy atom. The van der Waals surface area contributed by atoms with Crippen LogP contribution in [0.3, 0.4) is 0 Å². The first kappa shape index (κ1) is 17.6. The first-order valence-corrected chi connectivity index (χ1v) is 9.54. The average Bonchev–Trinajstić information content (AvgIpc) is 2.57. The Labute approximate surface area is 147 Å². The lowest BCUT2D eigenvalue weighted by Gasteiger charge is -2.40. The number of phenolic OH excluding ortho intramolecular Hbond substituents is 1. The summed E-state index contributed by atoms with van der Waals surface area (Å²) in [5, 5.41) is 10.3. The summed E-state index contributed by atoms with van der Waals surface area (Å²) in [4.78, 5) is 2.60. The molecule has 1 atom stereocenters. The van der Waals surface area contributed by atoms with Crippen molar-refractivity contribution in [2.24, 2.45) is 5.92 Å². The van der Waals surface area contributed by atoms with Gasteiger partial charge in [-0.1, -0.05) is 6.92 Å². The number of hydrogen-bond acceptors (Lipinski definition) is 3. The number of ether oxygens (including phenoxy) is 1. The first-order valence-electron chi connectivity index (χ1n) is 9.54. The van der Waals surface area contributed by atoms with Crippen molar-refractivity contribution in [2.45, 2.75) is 72.3 Å². The molecule has 0 aliphatic carbocycles. The van der Waals surface area contributed by atoms with E-state index in [-0.39, 0.29) is 5.60 Å². The van der Waals surface area contributed by atoms with Crippen LogP contribution >= 0.6 is 0 Å². The van der Waals surface area contributed by atoms with Gasteiger partial charge in [-0.25, -0.2) is 0 Å². The van der Waals surface area contributed by atoms with E-state index in [1.165, 1.54) is 31.5 Å². The predicted octanol–water partition coefficient (Wildman–Crippen LogP) is 4.52. The zero-order valence-corrected chi connectivity index (χ0v) is 16.0. The third-order valence-electron chi connectivity index (χ3n) is 6.43. The summed E-state index contributed by atoms with van der Waals surface area (Å²) >= 11 is 0. The smallest absolute Gasteiger partial charge is 0.127 e. The zero-order chi connectivity index (χ0) is 17.5. The summed E-state index contributed by atoms with van der Waals surface area (Å²) in [6.45, 7) is 14.3. The molecule has 0 amide bonds. The second-order valence-electron chi connectivity index (χ2n) is 8.36. The SMILES string of the molecule is Cc1c(C)c2c(c(C)c1O)CCC(C)(CCN1CCC(C)CC1)O2. The standard InChI is InChI=1S/C21H33NO2/c1-14-7-11-22(12-8-14)13-10-21(5)9-6-18-17(4)19(23)15(2)16(3)20(18)24-21/h14,23H,6-13H2,1-5H3. The maximum absolute atomic E-state index is 10.3. The fraction of sp³-hybridized carbons (Fsp3) is 0.714. The van der Waals surface area contributed by atoms with Gasteiger partial charge in [0.2, 0.25) is 0 Å². The minimum Gasteiger partial charge on any atom is -0.507 e. The minimum absolute atomic E-state index is 0.0866. The van der Waals surface area contributed by atoms with Gasteiger partial charge in [-0.15, -0.1) is 0 Å². The number of piperidine rings is 1. The molecule has 134 valence electrons. The van der Waals surface area contributed by atoms with Gasteiger partial charge in [0.05, 0.1) is 0 Å². The van der Waals surface area contributed by atoms with E-state index in [2.05, 4.69) is 25.7 Å². The quantitative estimate of drug-likeness (QED) is 0.883. The highest BCUT2D eigenvalue weighted by molar-refractivity contribution is 5.58. The molecular weight excluding hydrogens is 298 g/mol. The van der Waals surface area contributed by atoms with Crippen LogP contribution in [-0.4, -0.2) is 35.2 Å². The number of aromatic hydroxyl groups is 1. The molecule has 3 nitrogen and oxygen atoms in total. The molecule has 1 saturated heterocycles. The Bertz CT molecular complexity index is 617. The molecule has 2 heterocycles. The number of benzene rings is 1. The summed E-state index contributed by atoms with van der Waals surface area (Å²) in [5.74, 6) is 2.36. The van der Waals surface area contributed by atoms with Gasteiger partial charge < -0.3 is 14.7 Å². The summed E-state index contributed by atoms with van der Waals surface area (Å²) in [5.41, 5.74) is 4.18. The Balaban J connectivity index is 1.72. The minimum atomic E-state index is -0.0866. The lowest BCUT2D eigenvalue weighted by atomic mass is 9.85. The molecule has 0 radical (unpaired) electrons. The Morgan fingerprint density at radius 2 is 1.79 bits per heavy atom. The van der Waals surface area contributed by atoms with Crippen LogP contribution in [0.25, 0.3) is 0 Å². The van der Waals surface area contributed by atoms with Crippen LogP contribution in [0.4, 0.5) is 0 Å². The van der Waals surface area contributed by atoms with Crippen LogP contribution < -0.4 is 4.74 Å². The molecule has 0 saturated carbocycles. The van der Waals surface area contributed by atoms with E-state index < -0.39 is 0 Å². The van der Waals surface area contributed by atoms with Crippen molar-refractivity contribution in [2.75, 3.05) is 19.6 Å². The first-order chi connectivity index (χ1) is 11.3. The topological polar surface area (TPSA) is 32.7 Å². The molecule has 1 unspecified atom stereocenters. The van der Waals surface area contributed by atoms with E-state index in [0.29, 0.717) is 5.75 Å². The zero-order valence-electron chi connectivity index (χ0n) is 16.0. The average molecular weight is 332 g/mol. The Morgan fingerprint density at radius 3 is 2.46 bits per heavy atom. The van der Waals surface area contributed by atoms with Gasteiger partial charge in [-0.2, -0.15) is 0 Å². The van der Waals surface area contributed by atoms with Gasteiger partial charge in [0, 0.05) is 12.1 Å². The summed E-state index contributed by atoms with van der Waals surface area (Å²) < 4.78 is 6.54. The molecular formula is C21H33NO2. The van der Waals surface area contributed by atoms with Crippen LogP contribution in [-0.2, 0) is 6.42 Å². The summed E-state index contributed by atoms with van der Waals surface area (Å²) in [6.07, 6.45) is 5.78. The molecule has 1 aromatic rings. The maximum Gasteiger partial charge on any atom is 0.127 e. The van der Waals surface area contributed by atoms with Crippen LogP contribution in [0.2, 0.25) is 0 Å². The number of fused-ring (bicyclic) bond motifs is 1. The van der Waals surface area contributed by atoms with E-state index in [4.69, 9.17) is 4.74 Å². The van der Waals surface area contributed by atoms with Crippen molar-refractivity contribution >= 4 is 0 Å². The van der Waals surface area contributed by atoms with Crippen molar-refractivity contribution < 1.29 is 9.84 Å². The lowest BCUT2D eigenvalue weighted by Crippen LogP contribution is -2.42. The molecule has 0 bridgehead atoms. The molecule has 2 aliphatic rings. The second kappa shape index (κ2) is 6.59. The van der Waals surface area contributed by atoms with E-state index in [0.717, 1.165) is 54.2 Å². The normalized spacial score (nSPS) is 25.4. The van der Waals surface area contributed by atoms with E-state index in [1.807, 2.05) is 13.8 Å². The molecule has 2 aliphatic heterocycles. The molecule has 1 fully saturated rings. The van der Waals surface area contributed by atoms with Gasteiger partial charge in [0.25, 0.3) is 0 Å². The molecule has 1 aromatic carbocycles. The van der Waals surface area contributed by atoms with Gasteiger partial charge in [-0.3, -0.25) is 0 Å². The third-order valence-corrected chi connectivity index (χ3v) is 6.43. The largest absolute Gasteiger partial charge is 0.507 e. The molecule has 24 heavy (non-hydrogen) atoms. The van der Waals surface area contributed by atoms with E-state index in [9.17, 15) is 5.11 Å². The second-order valence-corrected chi connectivity index (χ2v) is 8.36. The summed E-state index contributed by atoms with van der Waals surface area (Å²) in [7, 11) is 0. The number of hydrogen-bond donors (Lipinski definition) is 1. The molecule has 3 heteroatoms. The molecule has 0 spiro atoms. The third kappa shape index (κ3) is 3.28. The highest BCUT2D eigenvalue weighted by Gasteiger charge is 2.35. The fourth-order valence-electron chi connectivity index (χ4n) is 4.15. The number of nitrogens with zero attached hydrogens (tertiary/aromatic N) is 1. The lowest BCUT2D eigenvalue weighted by molar-refractivity contribution is 0.0394. The summed E-state index contributed by atoms with van der Waals surface area (Å²) in [6, 6.07) is 0. The number of phenols is 1. The Hall–Kier alpha value is -1.22. The number of rotatable bonds is 3. The molecule has 3 rings (SSSR count). The van der Waals surface area contributed by atoms with Crippen molar-refractivity contribution in [1.82, 2.24) is 4.90 Å². The molecule has 1 N–H and O–H groups in total. The van der Waals surface area contributed by atoms with Crippen LogP contribution in [0.5, 0.6) is 11.5 Å². The van der Waals surface area contributed by atoms with E-state index in [1.54, 1.807) is 0 Å². The highest BCUT2D eigenvalue weighted by atomic mass is 16.5. The highest BCUT2D eigenvalue weighted by Crippen LogP contribution is 2.44. The van der Waals surface area contributed by atoms with Crippen molar-refractivity contribution in [1.29, 1.82) is 0 Å². The van der Waals surface area contributed by atoms with Gasteiger partial charge in [0.15, 0.2) is 0 Å². The maximum atomic E-state index is 10.3. The fourth-order valence-corrected chi connectivity index (χ4v) is 4.15. The van der Waals surface area contributed by atoms with Gasteiger partial charge in [-0.05, 0) is 95.5 Å². The van der Waals surface area contributed by atoms with Crippen LogP contribution in [0.1, 0.15) is 61.8 Å². The van der Waals surface area contributed by atoms with Gasteiger partial charge in [0.1, 0.15) is 17.1 Å². The van der Waals surface area contributed by atoms with Crippen LogP contribution in [0, 0.1) is 26.7 Å². The predicted molar refractivity (Wildman–Crippen MR) is 99.1 cm³/mol. The van der Waals surface area contributed by atoms with Crippen LogP contribution in [0.15, 0.2) is 0 Å². The van der Waals surface area contributed by atoms with E-state index >= 15 is 0 Å². The number of likely N-dealkylation sites (tertiary alicyclic amines) is 1. The van der Waals surface area contributed by atoms with Crippen molar-refractivity contribution in [3.05, 3.63) is 22.3 Å². The monoisotopic (exact) mass is 331 g/mol. The van der Waals surface area contributed by atoms with Crippen molar-refractivity contribution in [3.8, 4) is 11.5 Å². The van der Waals surface area contributed by atoms with Gasteiger partial charge >= 0.3 is 0 Å². The van der Waals surface area contributed by atoms with Crippen molar-refractivity contribution in [3.63, 3.8) is 0 Å². The molecule has 0 aromatic heterocycles.